The first-order valence-corrected chi connectivity index (χ1v) is 9.18. The first-order valence-electron chi connectivity index (χ1n) is 9.18. The van der Waals surface area contributed by atoms with E-state index in [1.807, 2.05) is 44.4 Å². The summed E-state index contributed by atoms with van der Waals surface area (Å²) in [4.78, 5) is 4.69. The molecule has 0 aliphatic carbocycles. The molecule has 0 saturated carbocycles. The van der Waals surface area contributed by atoms with Gasteiger partial charge in [0.05, 0.1) is 22.8 Å². The Morgan fingerprint density at radius 3 is 2.68 bits per heavy atom. The van der Waals surface area contributed by atoms with Crippen molar-refractivity contribution in [3.8, 4) is 23.0 Å². The molecular formula is C23H21N3O2. The highest BCUT2D eigenvalue weighted by Crippen LogP contribution is 2.32. The van der Waals surface area contributed by atoms with Gasteiger partial charge in [-0.2, -0.15) is 0 Å². The number of hydrogen-bond acceptors (Lipinski definition) is 4. The molecule has 3 heterocycles. The van der Waals surface area contributed by atoms with Crippen LogP contribution in [0.3, 0.4) is 0 Å². The van der Waals surface area contributed by atoms with Crippen molar-refractivity contribution < 1.29 is 9.63 Å². The minimum atomic E-state index is -0.182. The van der Waals surface area contributed by atoms with Gasteiger partial charge in [-0.3, -0.25) is 4.98 Å². The zero-order chi connectivity index (χ0) is 19.7. The molecule has 3 aromatic heterocycles. The maximum Gasteiger partial charge on any atom is 0.141 e. The quantitative estimate of drug-likeness (QED) is 0.547. The van der Waals surface area contributed by atoms with E-state index in [0.717, 1.165) is 39.2 Å². The van der Waals surface area contributed by atoms with E-state index >= 15 is 0 Å². The molecular weight excluding hydrogens is 350 g/mol. The summed E-state index contributed by atoms with van der Waals surface area (Å²) in [6, 6.07) is 12.5. The molecule has 1 N–H and O–H groups in total. The molecule has 0 bridgehead atoms. The second kappa shape index (κ2) is 7.34. The van der Waals surface area contributed by atoms with Crippen molar-refractivity contribution in [2.75, 3.05) is 6.61 Å². The summed E-state index contributed by atoms with van der Waals surface area (Å²) in [5.41, 5.74) is 6.58. The molecule has 0 radical (unpaired) electrons. The number of nitrogens with zero attached hydrogens (tertiary/aromatic N) is 3. The molecule has 0 aliphatic rings. The lowest BCUT2D eigenvalue weighted by Crippen LogP contribution is -2.05. The third-order valence-corrected chi connectivity index (χ3v) is 4.99. The third-order valence-electron chi connectivity index (χ3n) is 4.99. The van der Waals surface area contributed by atoms with Crippen molar-refractivity contribution in [2.24, 2.45) is 0 Å². The van der Waals surface area contributed by atoms with Crippen molar-refractivity contribution in [3.63, 3.8) is 0 Å². The summed E-state index contributed by atoms with van der Waals surface area (Å²) in [6.45, 7) is 5.81. The van der Waals surface area contributed by atoms with Crippen molar-refractivity contribution in [1.29, 1.82) is 0 Å². The van der Waals surface area contributed by atoms with E-state index in [2.05, 4.69) is 46.7 Å². The number of aliphatic hydroxyl groups excluding tert-OH is 1. The van der Waals surface area contributed by atoms with Crippen LogP contribution in [0.4, 0.5) is 0 Å². The highest BCUT2D eigenvalue weighted by molar-refractivity contribution is 5.87. The van der Waals surface area contributed by atoms with Crippen LogP contribution in [0.25, 0.3) is 22.2 Å². The van der Waals surface area contributed by atoms with E-state index in [9.17, 15) is 0 Å². The Labute approximate surface area is 163 Å². The Morgan fingerprint density at radius 1 is 1.21 bits per heavy atom. The highest BCUT2D eigenvalue weighted by Gasteiger charge is 2.18. The predicted octanol–water partition coefficient (Wildman–Crippen LogP) is 4.26. The number of aliphatic hydroxyl groups is 1. The summed E-state index contributed by atoms with van der Waals surface area (Å²) < 4.78 is 7.51. The van der Waals surface area contributed by atoms with E-state index in [0.29, 0.717) is 0 Å². The number of rotatable bonds is 3. The van der Waals surface area contributed by atoms with Crippen LogP contribution in [-0.2, 0) is 0 Å². The van der Waals surface area contributed by atoms with Gasteiger partial charge in [0.1, 0.15) is 17.9 Å². The van der Waals surface area contributed by atoms with Crippen molar-refractivity contribution >= 4 is 11.0 Å². The minimum Gasteiger partial charge on any atom is -0.384 e. The molecule has 0 fully saturated rings. The van der Waals surface area contributed by atoms with Gasteiger partial charge in [-0.05, 0) is 32.4 Å². The van der Waals surface area contributed by atoms with Crippen molar-refractivity contribution in [1.82, 2.24) is 14.7 Å². The normalized spacial score (nSPS) is 12.0. The Kier molecular flexibility index (Phi) is 4.72. The standard InChI is InChI=1S/C23H21N3O2/c1-15-22(17(3)28-25-15)20-12-21-23(24-13-20)19(10-7-11-27)14-26(21)16(2)18-8-5-4-6-9-18/h4-6,8-9,12-14,16,27H,11H2,1-3H3. The van der Waals surface area contributed by atoms with Gasteiger partial charge in [0.2, 0.25) is 0 Å². The topological polar surface area (TPSA) is 64.1 Å². The van der Waals surface area contributed by atoms with Gasteiger partial charge in [-0.1, -0.05) is 47.3 Å². The van der Waals surface area contributed by atoms with Crippen LogP contribution in [0.15, 0.2) is 53.3 Å². The first kappa shape index (κ1) is 18.0. The van der Waals surface area contributed by atoms with E-state index < -0.39 is 0 Å². The first-order chi connectivity index (χ1) is 13.6. The molecule has 0 amide bonds. The van der Waals surface area contributed by atoms with Crippen molar-refractivity contribution in [3.05, 3.63) is 71.4 Å². The van der Waals surface area contributed by atoms with Gasteiger partial charge in [-0.25, -0.2) is 0 Å². The maximum absolute atomic E-state index is 9.11. The Bertz CT molecular complexity index is 1170. The number of aromatic nitrogens is 3. The van der Waals surface area contributed by atoms with Crippen LogP contribution in [0.2, 0.25) is 0 Å². The lowest BCUT2D eigenvalue weighted by Gasteiger charge is -2.16. The van der Waals surface area contributed by atoms with E-state index in [1.165, 1.54) is 5.56 Å². The Balaban J connectivity index is 1.93. The SMILES string of the molecule is Cc1noc(C)c1-c1cnc2c(C#CCO)cn(C(C)c3ccccc3)c2c1. The Morgan fingerprint density at radius 2 is 2.00 bits per heavy atom. The van der Waals surface area contributed by atoms with Gasteiger partial charge >= 0.3 is 0 Å². The molecule has 1 atom stereocenters. The van der Waals surface area contributed by atoms with E-state index in [1.54, 1.807) is 0 Å². The molecule has 1 unspecified atom stereocenters. The molecule has 0 spiro atoms. The molecule has 1 aromatic carbocycles. The predicted molar refractivity (Wildman–Crippen MR) is 109 cm³/mol. The molecule has 140 valence electrons. The number of hydrogen-bond donors (Lipinski definition) is 1. The number of pyridine rings is 1. The van der Waals surface area contributed by atoms with Gasteiger partial charge < -0.3 is 14.2 Å². The Hall–Kier alpha value is -3.36. The largest absolute Gasteiger partial charge is 0.384 e. The number of aryl methyl sites for hydroxylation is 2. The highest BCUT2D eigenvalue weighted by atomic mass is 16.5. The zero-order valence-corrected chi connectivity index (χ0v) is 16.1. The second-order valence-corrected chi connectivity index (χ2v) is 6.79. The lowest BCUT2D eigenvalue weighted by molar-refractivity contribution is 0.350. The van der Waals surface area contributed by atoms with E-state index in [-0.39, 0.29) is 12.6 Å². The van der Waals surface area contributed by atoms with Gasteiger partial charge in [-0.15, -0.1) is 0 Å². The molecule has 0 saturated heterocycles. The molecule has 5 nitrogen and oxygen atoms in total. The van der Waals surface area contributed by atoms with E-state index in [4.69, 9.17) is 14.6 Å². The van der Waals surface area contributed by atoms with Gasteiger partial charge in [0, 0.05) is 23.5 Å². The summed E-state index contributed by atoms with van der Waals surface area (Å²) in [7, 11) is 0. The molecule has 0 aliphatic heterocycles. The number of benzene rings is 1. The second-order valence-electron chi connectivity index (χ2n) is 6.79. The summed E-state index contributed by atoms with van der Waals surface area (Å²) in [6.07, 6.45) is 3.84. The third kappa shape index (κ3) is 3.08. The minimum absolute atomic E-state index is 0.107. The zero-order valence-electron chi connectivity index (χ0n) is 16.1. The molecule has 4 rings (SSSR count). The monoisotopic (exact) mass is 371 g/mol. The lowest BCUT2D eigenvalue weighted by atomic mass is 10.1. The summed E-state index contributed by atoms with van der Waals surface area (Å²) in [5.74, 6) is 6.53. The molecule has 5 heteroatoms. The fourth-order valence-electron chi connectivity index (χ4n) is 3.60. The van der Waals surface area contributed by atoms with Crippen LogP contribution in [0, 0.1) is 25.7 Å². The van der Waals surface area contributed by atoms with Crippen LogP contribution in [-0.4, -0.2) is 26.4 Å². The summed E-state index contributed by atoms with van der Waals surface area (Å²) in [5, 5.41) is 13.2. The average Bonchev–Trinajstić information content (AvgIpc) is 3.25. The van der Waals surface area contributed by atoms with Crippen LogP contribution >= 0.6 is 0 Å². The number of fused-ring (bicyclic) bond motifs is 1. The maximum atomic E-state index is 9.11. The molecule has 28 heavy (non-hydrogen) atoms. The fourth-order valence-corrected chi connectivity index (χ4v) is 3.60. The average molecular weight is 371 g/mol. The van der Waals surface area contributed by atoms with Crippen LogP contribution in [0.1, 0.15) is 35.5 Å². The summed E-state index contributed by atoms with van der Waals surface area (Å²) >= 11 is 0. The van der Waals surface area contributed by atoms with Crippen LogP contribution in [0.5, 0.6) is 0 Å². The van der Waals surface area contributed by atoms with Gasteiger partial charge in [0.25, 0.3) is 0 Å². The smallest absolute Gasteiger partial charge is 0.141 e. The fraction of sp³-hybridized carbons (Fsp3) is 0.217. The van der Waals surface area contributed by atoms with Gasteiger partial charge in [0.15, 0.2) is 0 Å². The van der Waals surface area contributed by atoms with Crippen molar-refractivity contribution in [2.45, 2.75) is 26.8 Å². The molecule has 4 aromatic rings. The van der Waals surface area contributed by atoms with Crippen LogP contribution < -0.4 is 0 Å².